The molecule has 0 unspecified atom stereocenters. The van der Waals surface area contributed by atoms with E-state index in [4.69, 9.17) is 4.98 Å². The number of fused-ring (bicyclic) bond motifs is 3. The lowest BCUT2D eigenvalue weighted by molar-refractivity contribution is -0.131. The SMILES string of the molecule is Cc1ccc(C)c(-n2c(SCC(=O)N(C(C)C)C(C)C)nc3sc4c(c3c2=O)CC[C@@H](C)C4)c1. The Morgan fingerprint density at radius 2 is 1.94 bits per heavy atom. The third kappa shape index (κ3) is 4.69. The summed E-state index contributed by atoms with van der Waals surface area (Å²) in [5.74, 6) is 0.948. The number of rotatable bonds is 6. The minimum absolute atomic E-state index is 0.00900. The van der Waals surface area contributed by atoms with E-state index in [9.17, 15) is 9.59 Å². The molecule has 0 N–H and O–H groups in total. The topological polar surface area (TPSA) is 55.2 Å². The zero-order chi connectivity index (χ0) is 24.7. The lowest BCUT2D eigenvalue weighted by atomic mass is 9.89. The maximum atomic E-state index is 14.0. The third-order valence-corrected chi connectivity index (χ3v) is 8.70. The summed E-state index contributed by atoms with van der Waals surface area (Å²) < 4.78 is 1.75. The van der Waals surface area contributed by atoms with Crippen LogP contribution in [0, 0.1) is 19.8 Å². The van der Waals surface area contributed by atoms with Crippen molar-refractivity contribution in [3.63, 3.8) is 0 Å². The number of benzene rings is 1. The number of amides is 1. The summed E-state index contributed by atoms with van der Waals surface area (Å²) >= 11 is 3.03. The molecule has 0 aliphatic heterocycles. The Morgan fingerprint density at radius 3 is 2.62 bits per heavy atom. The fourth-order valence-electron chi connectivity index (χ4n) is 5.01. The lowest BCUT2D eigenvalue weighted by Crippen LogP contribution is -2.43. The van der Waals surface area contributed by atoms with Crippen molar-refractivity contribution in [2.45, 2.75) is 85.0 Å². The van der Waals surface area contributed by atoms with E-state index in [-0.39, 0.29) is 29.3 Å². The smallest absolute Gasteiger partial charge is 0.267 e. The van der Waals surface area contributed by atoms with Crippen LogP contribution in [-0.2, 0) is 17.6 Å². The van der Waals surface area contributed by atoms with E-state index in [2.05, 4.69) is 13.0 Å². The highest BCUT2D eigenvalue weighted by atomic mass is 32.2. The van der Waals surface area contributed by atoms with Gasteiger partial charge in [-0.15, -0.1) is 11.3 Å². The number of hydrogen-bond acceptors (Lipinski definition) is 5. The second-order valence-electron chi connectivity index (χ2n) is 10.1. The van der Waals surface area contributed by atoms with Crippen molar-refractivity contribution in [1.29, 1.82) is 0 Å². The molecule has 0 saturated carbocycles. The van der Waals surface area contributed by atoms with Gasteiger partial charge in [-0.2, -0.15) is 0 Å². The number of hydrogen-bond donors (Lipinski definition) is 0. The predicted molar refractivity (Wildman–Crippen MR) is 144 cm³/mol. The van der Waals surface area contributed by atoms with Crippen molar-refractivity contribution < 1.29 is 4.79 Å². The maximum Gasteiger partial charge on any atom is 0.267 e. The Balaban J connectivity index is 1.85. The highest BCUT2D eigenvalue weighted by molar-refractivity contribution is 7.99. The van der Waals surface area contributed by atoms with Gasteiger partial charge in [-0.25, -0.2) is 4.98 Å². The van der Waals surface area contributed by atoms with E-state index >= 15 is 0 Å². The monoisotopic (exact) mass is 497 g/mol. The molecule has 0 fully saturated rings. The molecule has 1 atom stereocenters. The first-order valence-corrected chi connectivity index (χ1v) is 14.0. The van der Waals surface area contributed by atoms with Gasteiger partial charge in [0, 0.05) is 17.0 Å². The molecule has 34 heavy (non-hydrogen) atoms. The lowest BCUT2D eigenvalue weighted by Gasteiger charge is -2.30. The minimum Gasteiger partial charge on any atom is -0.337 e. The molecule has 0 radical (unpaired) electrons. The van der Waals surface area contributed by atoms with Crippen LogP contribution in [0.2, 0.25) is 0 Å². The maximum absolute atomic E-state index is 14.0. The van der Waals surface area contributed by atoms with Gasteiger partial charge in [0.15, 0.2) is 5.16 Å². The van der Waals surface area contributed by atoms with E-state index in [1.165, 1.54) is 22.2 Å². The van der Waals surface area contributed by atoms with Gasteiger partial charge >= 0.3 is 0 Å². The van der Waals surface area contributed by atoms with Crippen molar-refractivity contribution >= 4 is 39.2 Å². The summed E-state index contributed by atoms with van der Waals surface area (Å²) in [6, 6.07) is 6.39. The molecule has 0 saturated heterocycles. The largest absolute Gasteiger partial charge is 0.337 e. The third-order valence-electron chi connectivity index (χ3n) is 6.63. The van der Waals surface area contributed by atoms with Crippen LogP contribution in [0.1, 0.15) is 62.6 Å². The molecule has 1 aliphatic carbocycles. The predicted octanol–water partition coefficient (Wildman–Crippen LogP) is 5.93. The van der Waals surface area contributed by atoms with E-state index in [1.807, 2.05) is 58.6 Å². The Hall–Kier alpha value is -2.12. The number of thiophene rings is 1. The number of aromatic nitrogens is 2. The molecule has 0 spiro atoms. The van der Waals surface area contributed by atoms with Crippen molar-refractivity contribution in [1.82, 2.24) is 14.5 Å². The summed E-state index contributed by atoms with van der Waals surface area (Å²) in [4.78, 5) is 36.2. The summed E-state index contributed by atoms with van der Waals surface area (Å²) in [6.45, 7) is 14.5. The van der Waals surface area contributed by atoms with Crippen LogP contribution in [0.25, 0.3) is 15.9 Å². The molecule has 1 aromatic carbocycles. The highest BCUT2D eigenvalue weighted by Crippen LogP contribution is 2.37. The van der Waals surface area contributed by atoms with Gasteiger partial charge < -0.3 is 4.90 Å². The number of carbonyl (C=O) groups excluding carboxylic acids is 1. The molecule has 4 rings (SSSR count). The fraction of sp³-hybridized carbons (Fsp3) is 0.519. The number of nitrogens with zero attached hydrogens (tertiary/aromatic N) is 3. The molecule has 1 aliphatic rings. The van der Waals surface area contributed by atoms with Crippen LogP contribution >= 0.6 is 23.1 Å². The number of thioether (sulfide) groups is 1. The molecular weight excluding hydrogens is 462 g/mol. The van der Waals surface area contributed by atoms with Gasteiger partial charge in [-0.1, -0.05) is 30.8 Å². The van der Waals surface area contributed by atoms with E-state index in [0.717, 1.165) is 46.3 Å². The van der Waals surface area contributed by atoms with Crippen LogP contribution in [0.15, 0.2) is 28.2 Å². The van der Waals surface area contributed by atoms with Gasteiger partial charge in [-0.3, -0.25) is 14.2 Å². The molecule has 2 aromatic heterocycles. The Bertz CT molecular complexity index is 1280. The Morgan fingerprint density at radius 1 is 1.24 bits per heavy atom. The van der Waals surface area contributed by atoms with Crippen molar-refractivity contribution in [2.24, 2.45) is 5.92 Å². The standard InChI is InChI=1S/C27H35N3O2S2/c1-15(2)29(16(3)4)23(31)14-33-27-28-25-24(20-11-9-18(6)13-22(20)34-25)26(32)30(27)21-12-17(5)8-10-19(21)7/h8,10,12,15-16,18H,9,11,13-14H2,1-7H3/t18-/m1/s1. The van der Waals surface area contributed by atoms with E-state index in [0.29, 0.717) is 11.1 Å². The van der Waals surface area contributed by atoms with Gasteiger partial charge in [0.05, 0.1) is 16.8 Å². The summed E-state index contributed by atoms with van der Waals surface area (Å²) in [6.07, 6.45) is 3.05. The molecule has 5 nitrogen and oxygen atoms in total. The van der Waals surface area contributed by atoms with Crippen LogP contribution in [0.3, 0.4) is 0 Å². The minimum atomic E-state index is -0.00900. The second kappa shape index (κ2) is 9.86. The molecule has 0 bridgehead atoms. The van der Waals surface area contributed by atoms with Gasteiger partial charge in [0.25, 0.3) is 5.56 Å². The van der Waals surface area contributed by atoms with Crippen molar-refractivity contribution in [3.05, 3.63) is 50.1 Å². The van der Waals surface area contributed by atoms with Crippen molar-refractivity contribution in [3.8, 4) is 5.69 Å². The highest BCUT2D eigenvalue weighted by Gasteiger charge is 2.27. The molecular formula is C27H35N3O2S2. The quantitative estimate of drug-likeness (QED) is 0.313. The van der Waals surface area contributed by atoms with Gasteiger partial charge in [-0.05, 0) is 89.5 Å². The Labute approximate surface area is 210 Å². The average molecular weight is 498 g/mol. The van der Waals surface area contributed by atoms with Gasteiger partial charge in [0.2, 0.25) is 5.91 Å². The average Bonchev–Trinajstić information content (AvgIpc) is 3.11. The summed E-state index contributed by atoms with van der Waals surface area (Å²) in [5, 5.41) is 1.37. The molecule has 3 aromatic rings. The van der Waals surface area contributed by atoms with E-state index in [1.54, 1.807) is 15.9 Å². The fourth-order valence-corrected chi connectivity index (χ4v) is 7.31. The second-order valence-corrected chi connectivity index (χ2v) is 12.2. The first-order chi connectivity index (χ1) is 16.1. The summed E-state index contributed by atoms with van der Waals surface area (Å²) in [7, 11) is 0. The van der Waals surface area contributed by atoms with Crippen LogP contribution in [-0.4, -0.2) is 38.2 Å². The first kappa shape index (κ1) is 25.0. The molecule has 7 heteroatoms. The normalized spacial score (nSPS) is 15.9. The molecule has 1 amide bonds. The summed E-state index contributed by atoms with van der Waals surface area (Å²) in [5.41, 5.74) is 4.14. The zero-order valence-corrected chi connectivity index (χ0v) is 22.9. The Kier molecular flexibility index (Phi) is 7.25. The van der Waals surface area contributed by atoms with Crippen LogP contribution in [0.5, 0.6) is 0 Å². The van der Waals surface area contributed by atoms with E-state index < -0.39 is 0 Å². The molecule has 182 valence electrons. The first-order valence-electron chi connectivity index (χ1n) is 12.2. The van der Waals surface area contributed by atoms with Crippen molar-refractivity contribution in [2.75, 3.05) is 5.75 Å². The molecule has 2 heterocycles. The van der Waals surface area contributed by atoms with Crippen LogP contribution < -0.4 is 5.56 Å². The van der Waals surface area contributed by atoms with Gasteiger partial charge in [0.1, 0.15) is 4.83 Å². The number of carbonyl (C=O) groups is 1. The number of aryl methyl sites for hydroxylation is 3. The van der Waals surface area contributed by atoms with Crippen LogP contribution in [0.4, 0.5) is 0 Å². The zero-order valence-electron chi connectivity index (χ0n) is 21.3.